The summed E-state index contributed by atoms with van der Waals surface area (Å²) in [4.78, 5) is 32.9. The van der Waals surface area contributed by atoms with E-state index in [4.69, 9.17) is 9.98 Å². The fraction of sp³-hybridized carbons (Fsp3) is 0.483. The van der Waals surface area contributed by atoms with Crippen molar-refractivity contribution in [1.82, 2.24) is 24.8 Å². The molecule has 3 aromatic rings. The summed E-state index contributed by atoms with van der Waals surface area (Å²) < 4.78 is 1.76. The minimum absolute atomic E-state index is 0.0244. The number of aryl methyl sites for hydroxylation is 1. The Morgan fingerprint density at radius 2 is 1.85 bits per heavy atom. The van der Waals surface area contributed by atoms with E-state index in [1.54, 1.807) is 4.57 Å². The Kier molecular flexibility index (Phi) is 7.51. The molecule has 0 radical (unpaired) electrons. The first-order chi connectivity index (χ1) is 19.0. The van der Waals surface area contributed by atoms with Crippen molar-refractivity contribution in [3.63, 3.8) is 0 Å². The summed E-state index contributed by atoms with van der Waals surface area (Å²) in [7, 11) is 2.01. The monoisotopic (exact) mass is 546 g/mol. The molecule has 6 rings (SSSR count). The van der Waals surface area contributed by atoms with Crippen LogP contribution in [0, 0.1) is 5.92 Å². The second-order valence-corrected chi connectivity index (χ2v) is 12.5. The lowest BCUT2D eigenvalue weighted by molar-refractivity contribution is 0.313. The lowest BCUT2D eigenvalue weighted by atomic mass is 9.92. The van der Waals surface area contributed by atoms with Gasteiger partial charge in [-0.2, -0.15) is 4.98 Å². The topological polar surface area (TPSA) is 90.7 Å². The van der Waals surface area contributed by atoms with E-state index >= 15 is 0 Å². The molecule has 0 saturated carbocycles. The lowest BCUT2D eigenvalue weighted by Gasteiger charge is -2.34. The van der Waals surface area contributed by atoms with Gasteiger partial charge in [0.1, 0.15) is 5.65 Å². The number of hydrogen-bond acceptors (Lipinski definition) is 8. The quantitative estimate of drug-likeness (QED) is 0.459. The molecule has 2 atom stereocenters. The fourth-order valence-corrected chi connectivity index (χ4v) is 7.39. The molecule has 1 aromatic carbocycles. The highest BCUT2D eigenvalue weighted by Crippen LogP contribution is 2.30. The van der Waals surface area contributed by atoms with Crippen LogP contribution in [0.3, 0.4) is 0 Å². The number of piperidine rings is 1. The highest BCUT2D eigenvalue weighted by atomic mass is 32.2. The summed E-state index contributed by atoms with van der Waals surface area (Å²) in [6.45, 7) is 8.85. The number of pyridine rings is 1. The first-order valence-corrected chi connectivity index (χ1v) is 15.7. The predicted molar refractivity (Wildman–Crippen MR) is 164 cm³/mol. The summed E-state index contributed by atoms with van der Waals surface area (Å²) in [6, 6.07) is 10.5. The SMILES string of the molecule is CCn1c(=O)c(C2=NC(C3CCNCC3)C=S2C)cc2cnc(Nc3ccc(N4CCN(C)CC4)cc3)nc21. The second kappa shape index (κ2) is 11.2. The average molecular weight is 547 g/mol. The summed E-state index contributed by atoms with van der Waals surface area (Å²) >= 11 is 0. The highest BCUT2D eigenvalue weighted by Gasteiger charge is 2.28. The number of nitrogens with zero attached hydrogens (tertiary/aromatic N) is 6. The Balaban J connectivity index is 1.25. The van der Waals surface area contributed by atoms with Gasteiger partial charge in [0.2, 0.25) is 5.95 Å². The predicted octanol–water partition coefficient (Wildman–Crippen LogP) is 3.14. The Hall–Kier alpha value is -3.08. The van der Waals surface area contributed by atoms with E-state index < -0.39 is 0 Å². The van der Waals surface area contributed by atoms with Crippen LogP contribution < -0.4 is 21.1 Å². The molecule has 2 unspecified atom stereocenters. The van der Waals surface area contributed by atoms with E-state index in [2.05, 4.69) is 68.4 Å². The zero-order valence-corrected chi connectivity index (χ0v) is 23.9. The van der Waals surface area contributed by atoms with Crippen molar-refractivity contribution in [3.8, 4) is 0 Å². The first-order valence-electron chi connectivity index (χ1n) is 14.0. The van der Waals surface area contributed by atoms with Gasteiger partial charge in [0, 0.05) is 55.7 Å². The Morgan fingerprint density at radius 3 is 2.56 bits per heavy atom. The smallest absolute Gasteiger partial charge is 0.262 e. The Bertz CT molecular complexity index is 1470. The van der Waals surface area contributed by atoms with Gasteiger partial charge >= 0.3 is 0 Å². The van der Waals surface area contributed by atoms with Crippen LogP contribution in [0.15, 0.2) is 46.3 Å². The molecule has 9 nitrogen and oxygen atoms in total. The van der Waals surface area contributed by atoms with Gasteiger partial charge in [-0.3, -0.25) is 14.4 Å². The van der Waals surface area contributed by atoms with Crippen molar-refractivity contribution in [2.24, 2.45) is 10.9 Å². The number of nitrogens with one attached hydrogen (secondary N) is 2. The van der Waals surface area contributed by atoms with Crippen LogP contribution in [0.4, 0.5) is 17.3 Å². The van der Waals surface area contributed by atoms with Crippen LogP contribution in [0.2, 0.25) is 0 Å². The van der Waals surface area contributed by atoms with Gasteiger partial charge < -0.3 is 20.4 Å². The molecule has 206 valence electrons. The molecule has 2 N–H and O–H groups in total. The van der Waals surface area contributed by atoms with E-state index in [9.17, 15) is 4.79 Å². The van der Waals surface area contributed by atoms with E-state index in [0.29, 0.717) is 29.6 Å². The number of anilines is 3. The molecule has 0 bridgehead atoms. The van der Waals surface area contributed by atoms with Crippen molar-refractivity contribution in [2.75, 3.05) is 62.8 Å². The van der Waals surface area contributed by atoms with E-state index in [-0.39, 0.29) is 22.1 Å². The van der Waals surface area contributed by atoms with Crippen molar-refractivity contribution < 1.29 is 0 Å². The third kappa shape index (κ3) is 5.37. The first kappa shape index (κ1) is 26.2. The molecule has 3 aliphatic heterocycles. The number of piperazine rings is 1. The number of benzene rings is 1. The Labute approximate surface area is 232 Å². The van der Waals surface area contributed by atoms with Crippen LogP contribution in [0.5, 0.6) is 0 Å². The normalized spacial score (nSPS) is 22.6. The largest absolute Gasteiger partial charge is 0.369 e. The zero-order valence-electron chi connectivity index (χ0n) is 23.1. The van der Waals surface area contributed by atoms with Gasteiger partial charge in [-0.25, -0.2) is 4.98 Å². The highest BCUT2D eigenvalue weighted by molar-refractivity contribution is 8.28. The molecule has 5 heterocycles. The van der Waals surface area contributed by atoms with Crippen LogP contribution in [-0.4, -0.2) is 88.5 Å². The molecular formula is C29H38N8OS. The van der Waals surface area contributed by atoms with Gasteiger partial charge in [0.05, 0.1) is 16.6 Å². The van der Waals surface area contributed by atoms with Crippen LogP contribution in [-0.2, 0) is 6.54 Å². The summed E-state index contributed by atoms with van der Waals surface area (Å²) in [5.74, 6) is 1.04. The molecule has 0 spiro atoms. The van der Waals surface area contributed by atoms with E-state index in [1.165, 1.54) is 5.69 Å². The third-order valence-corrected chi connectivity index (χ3v) is 9.77. The van der Waals surface area contributed by atoms with Gasteiger partial charge in [-0.15, -0.1) is 10.5 Å². The van der Waals surface area contributed by atoms with Gasteiger partial charge in [-0.1, -0.05) is 0 Å². The van der Waals surface area contributed by atoms with E-state index in [1.807, 2.05) is 19.2 Å². The maximum atomic E-state index is 13.7. The molecule has 2 aromatic heterocycles. The number of aromatic nitrogens is 3. The standard InChI is InChI=1S/C29H38N8OS/c1-4-37-26-21(17-24(28(37)38)27-33-25(19-39(27)3)20-9-11-30-12-10-20)18-31-29(34-26)32-22-5-7-23(8-6-22)36-15-13-35(2)14-16-36/h5-8,17-20,25,30H,4,9-16H2,1-3H3,(H,31,32,34). The van der Waals surface area contributed by atoms with Crippen molar-refractivity contribution in [1.29, 1.82) is 0 Å². The van der Waals surface area contributed by atoms with Crippen LogP contribution >= 0.6 is 10.5 Å². The minimum atomic E-state index is -0.161. The molecular weight excluding hydrogens is 508 g/mol. The lowest BCUT2D eigenvalue weighted by Crippen LogP contribution is -2.44. The van der Waals surface area contributed by atoms with Crippen molar-refractivity contribution in [3.05, 3.63) is 52.4 Å². The van der Waals surface area contributed by atoms with Gasteiger partial charge in [0.15, 0.2) is 0 Å². The molecule has 2 fully saturated rings. The van der Waals surface area contributed by atoms with Gasteiger partial charge in [-0.05, 0) is 87.8 Å². The third-order valence-electron chi connectivity index (χ3n) is 8.15. The average Bonchev–Trinajstić information content (AvgIpc) is 3.35. The fourth-order valence-electron chi connectivity index (χ4n) is 5.78. The molecule has 0 amide bonds. The van der Waals surface area contributed by atoms with Gasteiger partial charge in [0.25, 0.3) is 5.56 Å². The Morgan fingerprint density at radius 1 is 1.10 bits per heavy atom. The maximum Gasteiger partial charge on any atom is 0.262 e. The summed E-state index contributed by atoms with van der Waals surface area (Å²) in [6.07, 6.45) is 6.26. The zero-order chi connectivity index (χ0) is 26.9. The molecule has 3 aliphatic rings. The van der Waals surface area contributed by atoms with Crippen LogP contribution in [0.25, 0.3) is 11.0 Å². The summed E-state index contributed by atoms with van der Waals surface area (Å²) in [5, 5.41) is 10.9. The van der Waals surface area contributed by atoms with E-state index in [0.717, 1.165) is 68.2 Å². The molecule has 10 heteroatoms. The number of aliphatic imine (C=N–C) groups is 1. The summed E-state index contributed by atoms with van der Waals surface area (Å²) in [5.41, 5.74) is 3.45. The van der Waals surface area contributed by atoms with Crippen molar-refractivity contribution in [2.45, 2.75) is 32.4 Å². The minimum Gasteiger partial charge on any atom is -0.369 e. The molecule has 0 aliphatic carbocycles. The van der Waals surface area contributed by atoms with Crippen LogP contribution in [0.1, 0.15) is 25.3 Å². The number of rotatable bonds is 6. The number of hydrogen-bond donors (Lipinski definition) is 2. The number of likely N-dealkylation sites (N-methyl/N-ethyl adjacent to an activating group) is 1. The van der Waals surface area contributed by atoms with Crippen molar-refractivity contribution >= 4 is 49.3 Å². The molecule has 2 saturated heterocycles. The number of fused-ring (bicyclic) bond motifs is 1. The second-order valence-electron chi connectivity index (χ2n) is 10.7. The molecule has 39 heavy (non-hydrogen) atoms. The maximum absolute atomic E-state index is 13.7.